The van der Waals surface area contributed by atoms with Crippen molar-refractivity contribution in [2.45, 2.75) is 32.5 Å². The average Bonchev–Trinajstić information content (AvgIpc) is 2.28. The standard InChI is InChI=1S/C12H18N2O/c1-10-6-11(8-14-7-10)9-15-12-2-4-13-5-3-12/h6-8,12-13H,2-5,9H2,1H3. The largest absolute Gasteiger partial charge is 0.373 e. The minimum absolute atomic E-state index is 0.423. The van der Waals surface area contributed by atoms with Gasteiger partial charge < -0.3 is 10.1 Å². The first-order valence-corrected chi connectivity index (χ1v) is 5.57. The van der Waals surface area contributed by atoms with Crippen LogP contribution in [0.15, 0.2) is 18.5 Å². The lowest BCUT2D eigenvalue weighted by molar-refractivity contribution is 0.0211. The average molecular weight is 206 g/mol. The van der Waals surface area contributed by atoms with Gasteiger partial charge in [0.25, 0.3) is 0 Å². The number of hydrogen-bond acceptors (Lipinski definition) is 3. The van der Waals surface area contributed by atoms with E-state index in [9.17, 15) is 0 Å². The molecule has 0 saturated carbocycles. The first-order valence-electron chi connectivity index (χ1n) is 5.57. The number of hydrogen-bond donors (Lipinski definition) is 1. The third-order valence-corrected chi connectivity index (χ3v) is 2.70. The molecule has 0 atom stereocenters. The molecule has 2 heterocycles. The molecule has 1 N–H and O–H groups in total. The Morgan fingerprint density at radius 3 is 2.93 bits per heavy atom. The molecular formula is C12H18N2O. The van der Waals surface area contributed by atoms with Crippen molar-refractivity contribution in [2.24, 2.45) is 0 Å². The molecule has 82 valence electrons. The Kier molecular flexibility index (Phi) is 3.69. The van der Waals surface area contributed by atoms with Gasteiger partial charge in [0, 0.05) is 12.4 Å². The van der Waals surface area contributed by atoms with Crippen LogP contribution in [0.1, 0.15) is 24.0 Å². The van der Waals surface area contributed by atoms with Gasteiger partial charge in [0.2, 0.25) is 0 Å². The van der Waals surface area contributed by atoms with Crippen LogP contribution in [0.4, 0.5) is 0 Å². The Morgan fingerprint density at radius 2 is 2.20 bits per heavy atom. The molecule has 1 aromatic rings. The van der Waals surface area contributed by atoms with E-state index in [0.717, 1.165) is 25.9 Å². The molecule has 3 nitrogen and oxygen atoms in total. The number of ether oxygens (including phenoxy) is 1. The molecule has 0 bridgehead atoms. The van der Waals surface area contributed by atoms with Crippen molar-refractivity contribution in [1.29, 1.82) is 0 Å². The molecule has 1 aromatic heterocycles. The van der Waals surface area contributed by atoms with Crippen molar-refractivity contribution < 1.29 is 4.74 Å². The second-order valence-electron chi connectivity index (χ2n) is 4.13. The molecule has 0 amide bonds. The smallest absolute Gasteiger partial charge is 0.0735 e. The molecule has 0 unspecified atom stereocenters. The Hall–Kier alpha value is -0.930. The molecule has 0 aliphatic carbocycles. The van der Waals surface area contributed by atoms with Gasteiger partial charge in [-0.3, -0.25) is 4.98 Å². The normalized spacial score (nSPS) is 17.9. The number of nitrogens with one attached hydrogen (secondary N) is 1. The summed E-state index contributed by atoms with van der Waals surface area (Å²) in [5.41, 5.74) is 2.37. The highest BCUT2D eigenvalue weighted by atomic mass is 16.5. The van der Waals surface area contributed by atoms with Gasteiger partial charge >= 0.3 is 0 Å². The number of rotatable bonds is 3. The fourth-order valence-corrected chi connectivity index (χ4v) is 1.87. The summed E-state index contributed by atoms with van der Waals surface area (Å²) in [6.07, 6.45) is 6.42. The minimum Gasteiger partial charge on any atom is -0.373 e. The third-order valence-electron chi connectivity index (χ3n) is 2.70. The number of pyridine rings is 1. The quantitative estimate of drug-likeness (QED) is 0.816. The Bertz CT molecular complexity index is 308. The van der Waals surface area contributed by atoms with E-state index < -0.39 is 0 Å². The van der Waals surface area contributed by atoms with Gasteiger partial charge in [0.1, 0.15) is 0 Å². The maximum absolute atomic E-state index is 5.84. The van der Waals surface area contributed by atoms with Crippen LogP contribution in [0, 0.1) is 6.92 Å². The summed E-state index contributed by atoms with van der Waals surface area (Å²) in [4.78, 5) is 4.16. The third kappa shape index (κ3) is 3.29. The van der Waals surface area contributed by atoms with E-state index >= 15 is 0 Å². The summed E-state index contributed by atoms with van der Waals surface area (Å²) in [6, 6.07) is 2.13. The monoisotopic (exact) mass is 206 g/mol. The van der Waals surface area contributed by atoms with E-state index in [-0.39, 0.29) is 0 Å². The first kappa shape index (κ1) is 10.6. The van der Waals surface area contributed by atoms with Crippen LogP contribution in [0.25, 0.3) is 0 Å². The van der Waals surface area contributed by atoms with E-state index in [1.165, 1.54) is 11.1 Å². The molecule has 15 heavy (non-hydrogen) atoms. The highest BCUT2D eigenvalue weighted by Gasteiger charge is 2.12. The second kappa shape index (κ2) is 5.24. The molecular weight excluding hydrogens is 188 g/mol. The van der Waals surface area contributed by atoms with E-state index in [1.54, 1.807) is 0 Å². The van der Waals surface area contributed by atoms with E-state index in [1.807, 2.05) is 12.4 Å². The van der Waals surface area contributed by atoms with Gasteiger partial charge in [-0.1, -0.05) is 6.07 Å². The number of aromatic nitrogens is 1. The second-order valence-corrected chi connectivity index (χ2v) is 4.13. The molecule has 0 spiro atoms. The number of piperidine rings is 1. The van der Waals surface area contributed by atoms with Crippen molar-refractivity contribution in [2.75, 3.05) is 13.1 Å². The van der Waals surface area contributed by atoms with E-state index in [4.69, 9.17) is 4.74 Å². The Balaban J connectivity index is 1.81. The fourth-order valence-electron chi connectivity index (χ4n) is 1.87. The van der Waals surface area contributed by atoms with Crippen LogP contribution in [0.3, 0.4) is 0 Å². The zero-order valence-electron chi connectivity index (χ0n) is 9.20. The lowest BCUT2D eigenvalue weighted by Gasteiger charge is -2.22. The van der Waals surface area contributed by atoms with Crippen LogP contribution in [-0.4, -0.2) is 24.2 Å². The lowest BCUT2D eigenvalue weighted by Crippen LogP contribution is -2.32. The fraction of sp³-hybridized carbons (Fsp3) is 0.583. The SMILES string of the molecule is Cc1cncc(COC2CCNCC2)c1. The molecule has 1 saturated heterocycles. The van der Waals surface area contributed by atoms with Crippen molar-refractivity contribution in [3.63, 3.8) is 0 Å². The van der Waals surface area contributed by atoms with Crippen LogP contribution < -0.4 is 5.32 Å². The maximum Gasteiger partial charge on any atom is 0.0735 e. The van der Waals surface area contributed by atoms with Gasteiger partial charge in [0.15, 0.2) is 0 Å². The van der Waals surface area contributed by atoms with Crippen molar-refractivity contribution in [3.8, 4) is 0 Å². The molecule has 0 aromatic carbocycles. The van der Waals surface area contributed by atoms with Crippen molar-refractivity contribution in [1.82, 2.24) is 10.3 Å². The molecule has 2 rings (SSSR count). The van der Waals surface area contributed by atoms with Crippen LogP contribution in [0.2, 0.25) is 0 Å². The summed E-state index contributed by atoms with van der Waals surface area (Å²) in [6.45, 7) is 4.91. The first-order chi connectivity index (χ1) is 7.34. The van der Waals surface area contributed by atoms with Gasteiger partial charge in [-0.05, 0) is 44.0 Å². The molecule has 3 heteroatoms. The predicted molar refractivity (Wildman–Crippen MR) is 59.7 cm³/mol. The summed E-state index contributed by atoms with van der Waals surface area (Å²) in [5, 5.41) is 3.33. The Labute approximate surface area is 90.9 Å². The minimum atomic E-state index is 0.423. The maximum atomic E-state index is 5.84. The van der Waals surface area contributed by atoms with Gasteiger partial charge in [-0.25, -0.2) is 0 Å². The number of aryl methyl sites for hydroxylation is 1. The Morgan fingerprint density at radius 1 is 1.40 bits per heavy atom. The molecule has 1 fully saturated rings. The lowest BCUT2D eigenvalue weighted by atomic mass is 10.1. The predicted octanol–water partition coefficient (Wildman–Crippen LogP) is 1.66. The van der Waals surface area contributed by atoms with Crippen LogP contribution >= 0.6 is 0 Å². The van der Waals surface area contributed by atoms with E-state index in [0.29, 0.717) is 12.7 Å². The van der Waals surface area contributed by atoms with Crippen molar-refractivity contribution in [3.05, 3.63) is 29.6 Å². The van der Waals surface area contributed by atoms with Crippen molar-refractivity contribution >= 4 is 0 Å². The topological polar surface area (TPSA) is 34.1 Å². The van der Waals surface area contributed by atoms with Gasteiger partial charge in [-0.2, -0.15) is 0 Å². The van der Waals surface area contributed by atoms with Crippen LogP contribution in [-0.2, 0) is 11.3 Å². The summed E-state index contributed by atoms with van der Waals surface area (Å²) in [5.74, 6) is 0. The van der Waals surface area contributed by atoms with Gasteiger partial charge in [-0.15, -0.1) is 0 Å². The summed E-state index contributed by atoms with van der Waals surface area (Å²) in [7, 11) is 0. The highest BCUT2D eigenvalue weighted by Crippen LogP contribution is 2.11. The molecule has 0 radical (unpaired) electrons. The zero-order valence-corrected chi connectivity index (χ0v) is 9.20. The van der Waals surface area contributed by atoms with E-state index in [2.05, 4.69) is 23.3 Å². The highest BCUT2D eigenvalue weighted by molar-refractivity contribution is 5.15. The zero-order chi connectivity index (χ0) is 10.5. The summed E-state index contributed by atoms with van der Waals surface area (Å²) < 4.78 is 5.84. The summed E-state index contributed by atoms with van der Waals surface area (Å²) >= 11 is 0. The molecule has 1 aliphatic heterocycles. The molecule has 1 aliphatic rings. The number of nitrogens with zero attached hydrogens (tertiary/aromatic N) is 1. The van der Waals surface area contributed by atoms with Gasteiger partial charge in [0.05, 0.1) is 12.7 Å². The van der Waals surface area contributed by atoms with Crippen LogP contribution in [0.5, 0.6) is 0 Å².